The Morgan fingerprint density at radius 2 is 2.24 bits per heavy atom. The molecule has 0 atom stereocenters. The van der Waals surface area contributed by atoms with Gasteiger partial charge in [0.05, 0.1) is 11.8 Å². The molecule has 0 spiro atoms. The summed E-state index contributed by atoms with van der Waals surface area (Å²) in [5.41, 5.74) is 3.32. The molecule has 1 aromatic carbocycles. The van der Waals surface area contributed by atoms with Gasteiger partial charge in [0, 0.05) is 12.1 Å². The molecule has 3 N–H and O–H groups in total. The van der Waals surface area contributed by atoms with Gasteiger partial charge in [0.2, 0.25) is 0 Å². The monoisotopic (exact) mass is 251 g/mol. The third-order valence-corrected chi connectivity index (χ3v) is 2.13. The van der Waals surface area contributed by atoms with Gasteiger partial charge in [-0.15, -0.1) is 0 Å². The standard InChI is InChI=1S/C11H13N3O2S/c1-2-12-11(17)14-13-7-8-5-3-4-6-9(8)10(15)16/h3-7H,2H2,1H3,(H,15,16)(H2,12,14,17)/b13-7+. The molecule has 0 aromatic heterocycles. The maximum atomic E-state index is 10.9. The van der Waals surface area contributed by atoms with Crippen molar-refractivity contribution < 1.29 is 9.90 Å². The maximum Gasteiger partial charge on any atom is 0.336 e. The van der Waals surface area contributed by atoms with Crippen molar-refractivity contribution in [3.05, 3.63) is 35.4 Å². The van der Waals surface area contributed by atoms with E-state index in [1.807, 2.05) is 6.92 Å². The van der Waals surface area contributed by atoms with E-state index in [1.165, 1.54) is 12.3 Å². The van der Waals surface area contributed by atoms with E-state index in [4.69, 9.17) is 17.3 Å². The van der Waals surface area contributed by atoms with Crippen LogP contribution in [0.2, 0.25) is 0 Å². The number of nitrogens with one attached hydrogen (secondary N) is 2. The zero-order valence-electron chi connectivity index (χ0n) is 9.30. The first-order valence-corrected chi connectivity index (χ1v) is 5.45. The number of hydrogen-bond acceptors (Lipinski definition) is 3. The van der Waals surface area contributed by atoms with Crippen molar-refractivity contribution in [2.75, 3.05) is 6.54 Å². The summed E-state index contributed by atoms with van der Waals surface area (Å²) in [6.07, 6.45) is 1.42. The van der Waals surface area contributed by atoms with Crippen molar-refractivity contribution >= 4 is 29.5 Å². The van der Waals surface area contributed by atoms with Crippen molar-refractivity contribution in [1.82, 2.24) is 10.7 Å². The Labute approximate surface area is 105 Å². The van der Waals surface area contributed by atoms with Crippen LogP contribution in [0.4, 0.5) is 0 Å². The van der Waals surface area contributed by atoms with Gasteiger partial charge in [-0.25, -0.2) is 4.79 Å². The summed E-state index contributed by atoms with van der Waals surface area (Å²) in [5.74, 6) is -0.985. The number of hydrogen-bond donors (Lipinski definition) is 3. The van der Waals surface area contributed by atoms with Crippen LogP contribution in [0, 0.1) is 0 Å². The number of carboxylic acids is 1. The number of hydrazone groups is 1. The summed E-state index contributed by atoms with van der Waals surface area (Å²) in [6, 6.07) is 6.60. The van der Waals surface area contributed by atoms with Crippen LogP contribution in [0.3, 0.4) is 0 Å². The molecule has 0 aliphatic heterocycles. The van der Waals surface area contributed by atoms with Gasteiger partial charge in [-0.1, -0.05) is 18.2 Å². The summed E-state index contributed by atoms with van der Waals surface area (Å²) >= 11 is 4.90. The largest absolute Gasteiger partial charge is 0.478 e. The Bertz CT molecular complexity index is 446. The van der Waals surface area contributed by atoms with Gasteiger partial charge in [0.15, 0.2) is 5.11 Å². The highest BCUT2D eigenvalue weighted by atomic mass is 32.1. The number of nitrogens with zero attached hydrogens (tertiary/aromatic N) is 1. The molecule has 0 heterocycles. The lowest BCUT2D eigenvalue weighted by Gasteiger charge is -2.03. The van der Waals surface area contributed by atoms with Gasteiger partial charge >= 0.3 is 5.97 Å². The van der Waals surface area contributed by atoms with E-state index in [-0.39, 0.29) is 5.56 Å². The molecule has 17 heavy (non-hydrogen) atoms. The molecular weight excluding hydrogens is 238 g/mol. The van der Waals surface area contributed by atoms with Crippen LogP contribution in [0.5, 0.6) is 0 Å². The molecule has 1 aromatic rings. The number of carboxylic acid groups (broad SMARTS) is 1. The zero-order chi connectivity index (χ0) is 12.7. The lowest BCUT2D eigenvalue weighted by atomic mass is 10.1. The Morgan fingerprint density at radius 3 is 2.88 bits per heavy atom. The van der Waals surface area contributed by atoms with Crippen LogP contribution in [0.15, 0.2) is 29.4 Å². The van der Waals surface area contributed by atoms with Gasteiger partial charge in [-0.05, 0) is 25.2 Å². The molecule has 0 radical (unpaired) electrons. The van der Waals surface area contributed by atoms with Crippen molar-refractivity contribution in [2.45, 2.75) is 6.92 Å². The molecule has 90 valence electrons. The van der Waals surface area contributed by atoms with Crippen molar-refractivity contribution in [1.29, 1.82) is 0 Å². The average Bonchev–Trinajstić information content (AvgIpc) is 2.30. The van der Waals surface area contributed by atoms with E-state index in [9.17, 15) is 4.79 Å². The van der Waals surface area contributed by atoms with E-state index in [0.29, 0.717) is 17.2 Å². The van der Waals surface area contributed by atoms with Crippen LogP contribution >= 0.6 is 12.2 Å². The molecule has 0 saturated heterocycles. The molecule has 0 aliphatic carbocycles. The summed E-state index contributed by atoms with van der Waals surface area (Å²) in [4.78, 5) is 10.9. The molecule has 5 nitrogen and oxygen atoms in total. The predicted octanol–water partition coefficient (Wildman–Crippen LogP) is 1.20. The minimum atomic E-state index is -0.985. The minimum Gasteiger partial charge on any atom is -0.478 e. The topological polar surface area (TPSA) is 73.7 Å². The van der Waals surface area contributed by atoms with Crippen molar-refractivity contribution in [2.24, 2.45) is 5.10 Å². The van der Waals surface area contributed by atoms with E-state index >= 15 is 0 Å². The predicted molar refractivity (Wildman–Crippen MR) is 70.4 cm³/mol. The Morgan fingerprint density at radius 1 is 1.53 bits per heavy atom. The summed E-state index contributed by atoms with van der Waals surface area (Å²) in [6.45, 7) is 2.62. The lowest BCUT2D eigenvalue weighted by molar-refractivity contribution is 0.0697. The third-order valence-electron chi connectivity index (χ3n) is 1.90. The summed E-state index contributed by atoms with van der Waals surface area (Å²) in [5, 5.41) is 16.1. The molecular formula is C11H13N3O2S. The first-order chi connectivity index (χ1) is 8.15. The van der Waals surface area contributed by atoms with Gasteiger partial charge < -0.3 is 10.4 Å². The summed E-state index contributed by atoms with van der Waals surface area (Å²) < 4.78 is 0. The Kier molecular flexibility index (Phi) is 5.09. The number of rotatable bonds is 4. The molecule has 6 heteroatoms. The second-order valence-corrected chi connectivity index (χ2v) is 3.53. The number of carbonyl (C=O) groups is 1. The van der Waals surface area contributed by atoms with E-state index in [0.717, 1.165) is 0 Å². The highest BCUT2D eigenvalue weighted by Crippen LogP contribution is 2.05. The second kappa shape index (κ2) is 6.59. The lowest BCUT2D eigenvalue weighted by Crippen LogP contribution is -2.31. The van der Waals surface area contributed by atoms with Crippen LogP contribution in [0.1, 0.15) is 22.8 Å². The smallest absolute Gasteiger partial charge is 0.336 e. The number of aromatic carboxylic acids is 1. The Hall–Kier alpha value is -1.95. The summed E-state index contributed by atoms with van der Waals surface area (Å²) in [7, 11) is 0. The van der Waals surface area contributed by atoms with E-state index < -0.39 is 5.97 Å². The van der Waals surface area contributed by atoms with E-state index in [2.05, 4.69) is 15.8 Å². The highest BCUT2D eigenvalue weighted by molar-refractivity contribution is 7.80. The first kappa shape index (κ1) is 13.1. The quantitative estimate of drug-likeness (QED) is 0.426. The van der Waals surface area contributed by atoms with Crippen molar-refractivity contribution in [3.63, 3.8) is 0 Å². The number of thiocarbonyl (C=S) groups is 1. The Balaban J connectivity index is 2.71. The third kappa shape index (κ3) is 4.20. The van der Waals surface area contributed by atoms with Crippen molar-refractivity contribution in [3.8, 4) is 0 Å². The normalized spacial score (nSPS) is 10.2. The molecule has 0 aliphatic rings. The molecule has 1 rings (SSSR count). The second-order valence-electron chi connectivity index (χ2n) is 3.12. The highest BCUT2D eigenvalue weighted by Gasteiger charge is 2.06. The van der Waals surface area contributed by atoms with E-state index in [1.54, 1.807) is 18.2 Å². The minimum absolute atomic E-state index is 0.201. The fraction of sp³-hybridized carbons (Fsp3) is 0.182. The first-order valence-electron chi connectivity index (χ1n) is 5.04. The molecule has 0 unspecified atom stereocenters. The maximum absolute atomic E-state index is 10.9. The van der Waals surface area contributed by atoms with Crippen LogP contribution < -0.4 is 10.7 Å². The number of benzene rings is 1. The van der Waals surface area contributed by atoms with Gasteiger partial charge in [0.25, 0.3) is 0 Å². The molecule has 0 saturated carbocycles. The van der Waals surface area contributed by atoms with Crippen LogP contribution in [-0.4, -0.2) is 28.9 Å². The van der Waals surface area contributed by atoms with Gasteiger partial charge in [0.1, 0.15) is 0 Å². The average molecular weight is 251 g/mol. The molecule has 0 amide bonds. The molecule has 0 bridgehead atoms. The fourth-order valence-corrected chi connectivity index (χ4v) is 1.36. The molecule has 0 fully saturated rings. The van der Waals surface area contributed by atoms with Gasteiger partial charge in [-0.3, -0.25) is 5.43 Å². The zero-order valence-corrected chi connectivity index (χ0v) is 10.1. The fourth-order valence-electron chi connectivity index (χ4n) is 1.16. The van der Waals surface area contributed by atoms with Crippen LogP contribution in [0.25, 0.3) is 0 Å². The SMILES string of the molecule is CCNC(=S)N/N=C/c1ccccc1C(=O)O. The van der Waals surface area contributed by atoms with Crippen LogP contribution in [-0.2, 0) is 0 Å². The van der Waals surface area contributed by atoms with Gasteiger partial charge in [-0.2, -0.15) is 5.10 Å².